The molecule has 1 fully saturated rings. The van der Waals surface area contributed by atoms with Crippen LogP contribution in [0.5, 0.6) is 0 Å². The van der Waals surface area contributed by atoms with Gasteiger partial charge in [-0.2, -0.15) is 0 Å². The number of methoxy groups -OCH3 is 1. The second kappa shape index (κ2) is 6.62. The fourth-order valence-corrected chi connectivity index (χ4v) is 1.72. The first-order valence-corrected chi connectivity index (χ1v) is 5.68. The number of halogens is 1. The Morgan fingerprint density at radius 3 is 2.76 bits per heavy atom. The number of carbonyl (C=O) groups excluding carboxylic acids is 1. The molecule has 1 aliphatic rings. The molecule has 1 saturated carbocycles. The number of hydrogen-bond donors (Lipinski definition) is 1. The first kappa shape index (κ1) is 14.0. The molecule has 0 amide bonds. The van der Waals surface area contributed by atoms with Crippen LogP contribution in [0.4, 0.5) is 0 Å². The minimum Gasteiger partial charge on any atom is -0.465 e. The average Bonchev–Trinajstić information content (AvgIpc) is 3.13. The highest BCUT2D eigenvalue weighted by molar-refractivity contribution is 5.90. The molecule has 1 N–H and O–H groups in total. The highest BCUT2D eigenvalue weighted by atomic mass is 35.5. The van der Waals surface area contributed by atoms with Gasteiger partial charge in [-0.1, -0.05) is 18.2 Å². The second-order valence-corrected chi connectivity index (χ2v) is 4.22. The van der Waals surface area contributed by atoms with E-state index in [4.69, 9.17) is 4.74 Å². The molecule has 0 saturated heterocycles. The summed E-state index contributed by atoms with van der Waals surface area (Å²) in [6.45, 7) is 1.79. The van der Waals surface area contributed by atoms with Crippen LogP contribution in [-0.4, -0.2) is 19.6 Å². The van der Waals surface area contributed by atoms with Crippen molar-refractivity contribution in [3.63, 3.8) is 0 Å². The number of benzene rings is 1. The van der Waals surface area contributed by atoms with E-state index in [-0.39, 0.29) is 18.4 Å². The Morgan fingerprint density at radius 1 is 1.41 bits per heavy atom. The second-order valence-electron chi connectivity index (χ2n) is 4.22. The van der Waals surface area contributed by atoms with Crippen LogP contribution in [0.1, 0.15) is 28.8 Å². The van der Waals surface area contributed by atoms with Crippen molar-refractivity contribution in [1.82, 2.24) is 5.32 Å². The lowest BCUT2D eigenvalue weighted by Gasteiger charge is -2.08. The van der Waals surface area contributed by atoms with Gasteiger partial charge in [0.05, 0.1) is 12.7 Å². The van der Waals surface area contributed by atoms with Crippen LogP contribution in [0.25, 0.3) is 0 Å². The van der Waals surface area contributed by atoms with E-state index in [9.17, 15) is 4.79 Å². The SMILES string of the molecule is COC(=O)c1ccccc1CNCC1CC1.Cl. The van der Waals surface area contributed by atoms with Crippen molar-refractivity contribution in [2.45, 2.75) is 19.4 Å². The maximum absolute atomic E-state index is 11.5. The van der Waals surface area contributed by atoms with Crippen molar-refractivity contribution in [3.8, 4) is 0 Å². The Kier molecular flexibility index (Phi) is 5.45. The normalized spacial score (nSPS) is 13.9. The molecular formula is C13H18ClNO2. The standard InChI is InChI=1S/C13H17NO2.ClH/c1-16-13(15)12-5-3-2-4-11(12)9-14-8-10-6-7-10;/h2-5,10,14H,6-9H2,1H3;1H. The molecule has 17 heavy (non-hydrogen) atoms. The minimum absolute atomic E-state index is 0. The Balaban J connectivity index is 0.00000144. The Bertz CT molecular complexity index is 377. The van der Waals surface area contributed by atoms with E-state index in [1.54, 1.807) is 6.07 Å². The maximum Gasteiger partial charge on any atom is 0.338 e. The molecule has 4 heteroatoms. The van der Waals surface area contributed by atoms with Gasteiger partial charge in [-0.3, -0.25) is 0 Å². The van der Waals surface area contributed by atoms with Crippen molar-refractivity contribution < 1.29 is 9.53 Å². The first-order chi connectivity index (χ1) is 7.81. The Hall–Kier alpha value is -1.06. The predicted octanol–water partition coefficient (Wildman–Crippen LogP) is 2.39. The molecule has 0 atom stereocenters. The highest BCUT2D eigenvalue weighted by Crippen LogP contribution is 2.27. The summed E-state index contributed by atoms with van der Waals surface area (Å²) in [5, 5.41) is 3.38. The summed E-state index contributed by atoms with van der Waals surface area (Å²) in [6.07, 6.45) is 2.68. The molecule has 1 aromatic carbocycles. The lowest BCUT2D eigenvalue weighted by molar-refractivity contribution is 0.0599. The van der Waals surface area contributed by atoms with E-state index in [0.29, 0.717) is 5.56 Å². The van der Waals surface area contributed by atoms with Gasteiger partial charge in [-0.05, 0) is 36.9 Å². The number of nitrogens with one attached hydrogen (secondary N) is 1. The molecule has 0 aliphatic heterocycles. The summed E-state index contributed by atoms with van der Waals surface area (Å²) in [5.41, 5.74) is 1.67. The number of rotatable bonds is 5. The molecule has 0 bridgehead atoms. The van der Waals surface area contributed by atoms with E-state index >= 15 is 0 Å². The van der Waals surface area contributed by atoms with E-state index < -0.39 is 0 Å². The number of esters is 1. The third kappa shape index (κ3) is 4.02. The first-order valence-electron chi connectivity index (χ1n) is 5.68. The van der Waals surface area contributed by atoms with Crippen molar-refractivity contribution in [3.05, 3.63) is 35.4 Å². The predicted molar refractivity (Wildman–Crippen MR) is 69.5 cm³/mol. The summed E-state index contributed by atoms with van der Waals surface area (Å²) in [7, 11) is 1.41. The quantitative estimate of drug-likeness (QED) is 0.821. The zero-order chi connectivity index (χ0) is 11.4. The fraction of sp³-hybridized carbons (Fsp3) is 0.462. The zero-order valence-corrected chi connectivity index (χ0v) is 10.8. The summed E-state index contributed by atoms with van der Waals surface area (Å²) in [5.74, 6) is 0.592. The summed E-state index contributed by atoms with van der Waals surface area (Å²) in [6, 6.07) is 7.57. The number of hydrogen-bond acceptors (Lipinski definition) is 3. The van der Waals surface area contributed by atoms with Gasteiger partial charge in [-0.25, -0.2) is 4.79 Å². The number of carbonyl (C=O) groups is 1. The lowest BCUT2D eigenvalue weighted by Crippen LogP contribution is -2.18. The molecular weight excluding hydrogens is 238 g/mol. The van der Waals surface area contributed by atoms with Gasteiger partial charge in [0, 0.05) is 6.54 Å². The van der Waals surface area contributed by atoms with E-state index in [1.807, 2.05) is 18.2 Å². The van der Waals surface area contributed by atoms with Crippen molar-refractivity contribution in [2.75, 3.05) is 13.7 Å². The monoisotopic (exact) mass is 255 g/mol. The van der Waals surface area contributed by atoms with E-state index in [1.165, 1.54) is 20.0 Å². The highest BCUT2D eigenvalue weighted by Gasteiger charge is 2.20. The van der Waals surface area contributed by atoms with Gasteiger partial charge in [0.2, 0.25) is 0 Å². The van der Waals surface area contributed by atoms with Crippen LogP contribution < -0.4 is 5.32 Å². The largest absolute Gasteiger partial charge is 0.465 e. The zero-order valence-electron chi connectivity index (χ0n) is 9.94. The summed E-state index contributed by atoms with van der Waals surface area (Å²) in [4.78, 5) is 11.5. The molecule has 0 heterocycles. The molecule has 1 aromatic rings. The van der Waals surface area contributed by atoms with Crippen molar-refractivity contribution in [1.29, 1.82) is 0 Å². The van der Waals surface area contributed by atoms with Gasteiger partial charge in [0.1, 0.15) is 0 Å². The third-order valence-electron chi connectivity index (χ3n) is 2.87. The average molecular weight is 256 g/mol. The van der Waals surface area contributed by atoms with Crippen molar-refractivity contribution >= 4 is 18.4 Å². The van der Waals surface area contributed by atoms with Crippen LogP contribution >= 0.6 is 12.4 Å². The molecule has 0 aromatic heterocycles. The Morgan fingerprint density at radius 2 is 2.12 bits per heavy atom. The van der Waals surface area contributed by atoms with Gasteiger partial charge < -0.3 is 10.1 Å². The van der Waals surface area contributed by atoms with Crippen LogP contribution in [0.2, 0.25) is 0 Å². The van der Waals surface area contributed by atoms with Crippen molar-refractivity contribution in [2.24, 2.45) is 5.92 Å². The molecule has 1 aliphatic carbocycles. The molecule has 0 unspecified atom stereocenters. The minimum atomic E-state index is -0.260. The van der Waals surface area contributed by atoms with Crippen LogP contribution in [0.15, 0.2) is 24.3 Å². The molecule has 0 radical (unpaired) electrons. The Labute approximate surface area is 108 Å². The van der Waals surface area contributed by atoms with Gasteiger partial charge in [-0.15, -0.1) is 12.4 Å². The van der Waals surface area contributed by atoms with E-state index in [2.05, 4.69) is 5.32 Å². The van der Waals surface area contributed by atoms with Crippen LogP contribution in [0.3, 0.4) is 0 Å². The third-order valence-corrected chi connectivity index (χ3v) is 2.87. The summed E-state index contributed by atoms with van der Waals surface area (Å²) >= 11 is 0. The van der Waals surface area contributed by atoms with Gasteiger partial charge in [0.15, 0.2) is 0 Å². The summed E-state index contributed by atoms with van der Waals surface area (Å²) < 4.78 is 4.75. The molecule has 0 spiro atoms. The van der Waals surface area contributed by atoms with Gasteiger partial charge in [0.25, 0.3) is 0 Å². The molecule has 2 rings (SSSR count). The van der Waals surface area contributed by atoms with Crippen LogP contribution in [-0.2, 0) is 11.3 Å². The topological polar surface area (TPSA) is 38.3 Å². The number of ether oxygens (including phenoxy) is 1. The maximum atomic E-state index is 11.5. The smallest absolute Gasteiger partial charge is 0.338 e. The fourth-order valence-electron chi connectivity index (χ4n) is 1.72. The van der Waals surface area contributed by atoms with E-state index in [0.717, 1.165) is 24.6 Å². The molecule has 94 valence electrons. The van der Waals surface area contributed by atoms with Gasteiger partial charge >= 0.3 is 5.97 Å². The molecule has 3 nitrogen and oxygen atoms in total. The van der Waals surface area contributed by atoms with Crippen LogP contribution in [0, 0.1) is 5.92 Å². The lowest BCUT2D eigenvalue weighted by atomic mass is 10.1.